The van der Waals surface area contributed by atoms with Gasteiger partial charge in [0, 0.05) is 46.0 Å². The predicted molar refractivity (Wildman–Crippen MR) is 95.4 cm³/mol. The fourth-order valence-corrected chi connectivity index (χ4v) is 5.71. The SMILES string of the molecule is CCn1nccc1C(=O)N1CCN(CC(=O)N(C)C)[C@H]2CS(=O)(=O)C[C@H]21. The molecule has 3 rings (SSSR count). The topological polar surface area (TPSA) is 95.8 Å². The normalized spacial score (nSPS) is 25.1. The van der Waals surface area contributed by atoms with E-state index in [9.17, 15) is 18.0 Å². The van der Waals surface area contributed by atoms with Gasteiger partial charge in [0.1, 0.15) is 5.69 Å². The van der Waals surface area contributed by atoms with E-state index in [1.54, 1.807) is 35.9 Å². The van der Waals surface area contributed by atoms with Gasteiger partial charge in [-0.15, -0.1) is 0 Å². The summed E-state index contributed by atoms with van der Waals surface area (Å²) in [5, 5.41) is 4.13. The number of aromatic nitrogens is 2. The number of sulfone groups is 1. The summed E-state index contributed by atoms with van der Waals surface area (Å²) < 4.78 is 26.1. The monoisotopic (exact) mass is 383 g/mol. The van der Waals surface area contributed by atoms with E-state index in [0.717, 1.165) is 0 Å². The first kappa shape index (κ1) is 18.8. The molecule has 2 amide bonds. The highest BCUT2D eigenvalue weighted by Crippen LogP contribution is 2.28. The number of hydrogen-bond acceptors (Lipinski definition) is 6. The van der Waals surface area contributed by atoms with Crippen LogP contribution in [-0.4, -0.2) is 102 Å². The van der Waals surface area contributed by atoms with Crippen molar-refractivity contribution in [2.24, 2.45) is 0 Å². The molecule has 2 aliphatic heterocycles. The lowest BCUT2D eigenvalue weighted by atomic mass is 10.0. The molecule has 2 fully saturated rings. The minimum Gasteiger partial charge on any atom is -0.348 e. The van der Waals surface area contributed by atoms with Crippen molar-refractivity contribution in [3.8, 4) is 0 Å². The molecule has 0 aliphatic carbocycles. The van der Waals surface area contributed by atoms with Gasteiger partial charge in [0.05, 0.1) is 24.1 Å². The molecule has 0 bridgehead atoms. The first-order valence-electron chi connectivity index (χ1n) is 8.71. The van der Waals surface area contributed by atoms with Crippen LogP contribution in [0.3, 0.4) is 0 Å². The van der Waals surface area contributed by atoms with E-state index in [1.807, 2.05) is 11.8 Å². The zero-order chi connectivity index (χ0) is 19.1. The molecule has 10 heteroatoms. The highest BCUT2D eigenvalue weighted by molar-refractivity contribution is 7.91. The Kier molecular flexibility index (Phi) is 5.07. The Morgan fingerprint density at radius 1 is 1.23 bits per heavy atom. The standard InChI is InChI=1S/C16H25N5O4S/c1-4-21-12(5-6-17-21)16(23)20-8-7-19(9-15(22)18(2)3)13-10-26(24,25)11-14(13)20/h5-6,13-14H,4,7-11H2,1-3H3/t13-,14+/m0/s1. The Morgan fingerprint density at radius 2 is 1.92 bits per heavy atom. The summed E-state index contributed by atoms with van der Waals surface area (Å²) in [4.78, 5) is 30.1. The molecule has 0 spiro atoms. The lowest BCUT2D eigenvalue weighted by Gasteiger charge is -2.43. The number of nitrogens with zero attached hydrogens (tertiary/aromatic N) is 5. The minimum atomic E-state index is -3.25. The maximum atomic E-state index is 13.0. The molecule has 0 radical (unpaired) electrons. The van der Waals surface area contributed by atoms with Crippen molar-refractivity contribution in [2.45, 2.75) is 25.6 Å². The van der Waals surface area contributed by atoms with Gasteiger partial charge in [0.25, 0.3) is 5.91 Å². The molecule has 26 heavy (non-hydrogen) atoms. The van der Waals surface area contributed by atoms with Crippen LogP contribution in [0, 0.1) is 0 Å². The Balaban J connectivity index is 1.85. The average Bonchev–Trinajstić information content (AvgIpc) is 3.17. The highest BCUT2D eigenvalue weighted by Gasteiger charge is 2.48. The molecule has 2 saturated heterocycles. The number of aryl methyl sites for hydroxylation is 1. The number of amides is 2. The van der Waals surface area contributed by atoms with Crippen molar-refractivity contribution in [3.63, 3.8) is 0 Å². The van der Waals surface area contributed by atoms with Crippen molar-refractivity contribution in [1.82, 2.24) is 24.5 Å². The van der Waals surface area contributed by atoms with Crippen LogP contribution < -0.4 is 0 Å². The third kappa shape index (κ3) is 3.48. The Labute approximate surface area is 153 Å². The van der Waals surface area contributed by atoms with Crippen LogP contribution in [-0.2, 0) is 21.2 Å². The molecule has 0 unspecified atom stereocenters. The first-order valence-corrected chi connectivity index (χ1v) is 10.5. The number of piperazine rings is 1. The third-order valence-corrected chi connectivity index (χ3v) is 6.82. The zero-order valence-corrected chi connectivity index (χ0v) is 16.1. The van der Waals surface area contributed by atoms with Crippen molar-refractivity contribution in [3.05, 3.63) is 18.0 Å². The molecule has 3 heterocycles. The van der Waals surface area contributed by atoms with E-state index >= 15 is 0 Å². The van der Waals surface area contributed by atoms with Crippen molar-refractivity contribution < 1.29 is 18.0 Å². The van der Waals surface area contributed by atoms with E-state index in [0.29, 0.717) is 25.3 Å². The predicted octanol–water partition coefficient (Wildman–Crippen LogP) is -1.09. The summed E-state index contributed by atoms with van der Waals surface area (Å²) in [6, 6.07) is 0.877. The van der Waals surface area contributed by atoms with Gasteiger partial charge in [0.2, 0.25) is 5.91 Å². The van der Waals surface area contributed by atoms with Crippen LogP contribution in [0.4, 0.5) is 0 Å². The van der Waals surface area contributed by atoms with Crippen molar-refractivity contribution in [1.29, 1.82) is 0 Å². The summed E-state index contributed by atoms with van der Waals surface area (Å²) in [7, 11) is 0.103. The number of fused-ring (bicyclic) bond motifs is 1. The summed E-state index contributed by atoms with van der Waals surface area (Å²) >= 11 is 0. The molecule has 144 valence electrons. The molecule has 9 nitrogen and oxygen atoms in total. The Morgan fingerprint density at radius 3 is 2.58 bits per heavy atom. The maximum absolute atomic E-state index is 13.0. The second-order valence-corrected chi connectivity index (χ2v) is 9.15. The minimum absolute atomic E-state index is 0.0187. The number of hydrogen-bond donors (Lipinski definition) is 0. The van der Waals surface area contributed by atoms with E-state index in [4.69, 9.17) is 0 Å². The summed E-state index contributed by atoms with van der Waals surface area (Å²) in [5.74, 6) is -0.349. The second kappa shape index (κ2) is 6.99. The smallest absolute Gasteiger partial charge is 0.272 e. The van der Waals surface area contributed by atoms with Gasteiger partial charge in [-0.3, -0.25) is 19.2 Å². The van der Waals surface area contributed by atoms with E-state index < -0.39 is 15.9 Å². The van der Waals surface area contributed by atoms with Crippen LogP contribution in [0.2, 0.25) is 0 Å². The highest BCUT2D eigenvalue weighted by atomic mass is 32.2. The molecule has 0 saturated carbocycles. The van der Waals surface area contributed by atoms with Crippen LogP contribution >= 0.6 is 0 Å². The molecular formula is C16H25N5O4S. The maximum Gasteiger partial charge on any atom is 0.272 e. The van der Waals surface area contributed by atoms with E-state index in [2.05, 4.69) is 5.10 Å². The summed E-state index contributed by atoms with van der Waals surface area (Å²) in [6.07, 6.45) is 1.58. The van der Waals surface area contributed by atoms with Gasteiger partial charge in [-0.25, -0.2) is 8.42 Å². The number of rotatable bonds is 4. The largest absolute Gasteiger partial charge is 0.348 e. The van der Waals surface area contributed by atoms with Gasteiger partial charge in [0.15, 0.2) is 9.84 Å². The van der Waals surface area contributed by atoms with Crippen LogP contribution in [0.15, 0.2) is 12.3 Å². The fourth-order valence-electron chi connectivity index (χ4n) is 3.70. The first-order chi connectivity index (χ1) is 12.2. The summed E-state index contributed by atoms with van der Waals surface area (Å²) in [5.41, 5.74) is 0.466. The summed E-state index contributed by atoms with van der Waals surface area (Å²) in [6.45, 7) is 3.50. The number of carbonyl (C=O) groups is 2. The van der Waals surface area contributed by atoms with Crippen LogP contribution in [0.1, 0.15) is 17.4 Å². The number of likely N-dealkylation sites (N-methyl/N-ethyl adjacent to an activating group) is 1. The van der Waals surface area contributed by atoms with E-state index in [-0.39, 0.29) is 35.9 Å². The van der Waals surface area contributed by atoms with E-state index in [1.165, 1.54) is 4.90 Å². The lowest BCUT2D eigenvalue weighted by molar-refractivity contribution is -0.131. The van der Waals surface area contributed by atoms with Gasteiger partial charge >= 0.3 is 0 Å². The zero-order valence-electron chi connectivity index (χ0n) is 15.3. The lowest BCUT2D eigenvalue weighted by Crippen LogP contribution is -2.62. The average molecular weight is 383 g/mol. The molecule has 0 aromatic carbocycles. The van der Waals surface area contributed by atoms with Crippen LogP contribution in [0.5, 0.6) is 0 Å². The molecule has 2 aliphatic rings. The molecular weight excluding hydrogens is 358 g/mol. The fraction of sp³-hybridized carbons (Fsp3) is 0.688. The van der Waals surface area contributed by atoms with Gasteiger partial charge in [-0.2, -0.15) is 5.10 Å². The van der Waals surface area contributed by atoms with Crippen molar-refractivity contribution in [2.75, 3.05) is 45.2 Å². The molecule has 0 N–H and O–H groups in total. The molecule has 1 aromatic heterocycles. The Hall–Kier alpha value is -1.94. The van der Waals surface area contributed by atoms with Gasteiger partial charge < -0.3 is 9.80 Å². The third-order valence-electron chi connectivity index (χ3n) is 5.12. The second-order valence-electron chi connectivity index (χ2n) is 7.00. The molecule has 2 atom stereocenters. The quantitative estimate of drug-likeness (QED) is 0.656. The molecule has 1 aromatic rings. The van der Waals surface area contributed by atoms with Gasteiger partial charge in [-0.1, -0.05) is 0 Å². The number of carbonyl (C=O) groups excluding carboxylic acids is 2. The van der Waals surface area contributed by atoms with Crippen LogP contribution in [0.25, 0.3) is 0 Å². The Bertz CT molecular complexity index is 803. The van der Waals surface area contributed by atoms with Crippen molar-refractivity contribution >= 4 is 21.7 Å². The van der Waals surface area contributed by atoms with Gasteiger partial charge in [-0.05, 0) is 13.0 Å².